The van der Waals surface area contributed by atoms with Gasteiger partial charge in [0.25, 0.3) is 5.91 Å². The van der Waals surface area contributed by atoms with Gasteiger partial charge in [0.2, 0.25) is 0 Å². The van der Waals surface area contributed by atoms with Gasteiger partial charge >= 0.3 is 0 Å². The molecular formula is C21H23N3OS. The molecule has 2 heterocycles. The third-order valence-corrected chi connectivity index (χ3v) is 5.69. The Morgan fingerprint density at radius 2 is 2.08 bits per heavy atom. The van der Waals surface area contributed by atoms with E-state index in [0.29, 0.717) is 11.0 Å². The number of rotatable bonds is 4. The van der Waals surface area contributed by atoms with Crippen molar-refractivity contribution in [1.29, 1.82) is 0 Å². The average Bonchev–Trinajstić information content (AvgIpc) is 3.02. The Balaban J connectivity index is 1.58. The molecule has 1 amide bonds. The molecule has 4 nitrogen and oxygen atoms in total. The van der Waals surface area contributed by atoms with Crippen molar-refractivity contribution in [1.82, 2.24) is 9.88 Å². The van der Waals surface area contributed by atoms with Crippen LogP contribution in [0.4, 0.5) is 5.13 Å². The fourth-order valence-corrected chi connectivity index (χ4v) is 4.47. The molecule has 0 unspecified atom stereocenters. The van der Waals surface area contributed by atoms with Gasteiger partial charge in [-0.05, 0) is 41.7 Å². The first kappa shape index (κ1) is 17.2. The van der Waals surface area contributed by atoms with E-state index < -0.39 is 0 Å². The van der Waals surface area contributed by atoms with Crippen LogP contribution in [0.2, 0.25) is 0 Å². The summed E-state index contributed by atoms with van der Waals surface area (Å²) in [5, 5.41) is 3.66. The highest BCUT2D eigenvalue weighted by Crippen LogP contribution is 2.28. The number of aromatic nitrogens is 1. The van der Waals surface area contributed by atoms with Crippen LogP contribution < -0.4 is 5.32 Å². The lowest BCUT2D eigenvalue weighted by Gasteiger charge is -2.31. The van der Waals surface area contributed by atoms with Crippen molar-refractivity contribution in [3.05, 3.63) is 59.2 Å². The van der Waals surface area contributed by atoms with E-state index in [4.69, 9.17) is 0 Å². The number of carbonyl (C=O) groups excluding carboxylic acids is 1. The number of hydrogen-bond acceptors (Lipinski definition) is 4. The first-order chi connectivity index (χ1) is 12.6. The molecule has 0 radical (unpaired) electrons. The molecule has 0 spiro atoms. The molecule has 1 aliphatic heterocycles. The minimum atomic E-state index is -0.0627. The third kappa shape index (κ3) is 3.50. The fraction of sp³-hybridized carbons (Fsp3) is 0.333. The van der Waals surface area contributed by atoms with E-state index in [2.05, 4.69) is 35.1 Å². The number of thiazole rings is 1. The van der Waals surface area contributed by atoms with E-state index in [9.17, 15) is 4.79 Å². The zero-order valence-electron chi connectivity index (χ0n) is 15.2. The Labute approximate surface area is 157 Å². The zero-order chi connectivity index (χ0) is 18.1. The van der Waals surface area contributed by atoms with E-state index in [0.717, 1.165) is 47.4 Å². The number of fused-ring (bicyclic) bond motifs is 2. The van der Waals surface area contributed by atoms with E-state index >= 15 is 0 Å². The molecule has 0 atom stereocenters. The maximum Gasteiger partial charge on any atom is 0.257 e. The van der Waals surface area contributed by atoms with Gasteiger partial charge in [0, 0.05) is 25.2 Å². The van der Waals surface area contributed by atoms with Crippen LogP contribution in [0.1, 0.15) is 35.3 Å². The second-order valence-electron chi connectivity index (χ2n) is 7.26. The van der Waals surface area contributed by atoms with Crippen LogP contribution in [-0.4, -0.2) is 28.9 Å². The monoisotopic (exact) mass is 365 g/mol. The molecule has 0 aliphatic carbocycles. The van der Waals surface area contributed by atoms with Crippen molar-refractivity contribution in [3.63, 3.8) is 0 Å². The van der Waals surface area contributed by atoms with Gasteiger partial charge in [-0.2, -0.15) is 0 Å². The molecule has 4 rings (SSSR count). The van der Waals surface area contributed by atoms with E-state index in [1.165, 1.54) is 16.9 Å². The summed E-state index contributed by atoms with van der Waals surface area (Å²) in [6.07, 6.45) is 1.00. The molecule has 134 valence electrons. The first-order valence-electron chi connectivity index (χ1n) is 9.10. The molecule has 0 saturated carbocycles. The lowest BCUT2D eigenvalue weighted by molar-refractivity contribution is 0.102. The highest BCUT2D eigenvalue weighted by molar-refractivity contribution is 7.22. The van der Waals surface area contributed by atoms with E-state index in [1.54, 1.807) is 0 Å². The van der Waals surface area contributed by atoms with E-state index in [-0.39, 0.29) is 5.91 Å². The summed E-state index contributed by atoms with van der Waals surface area (Å²) in [6, 6.07) is 14.0. The number of anilines is 1. The Morgan fingerprint density at radius 3 is 2.88 bits per heavy atom. The Hall–Kier alpha value is -2.24. The molecule has 26 heavy (non-hydrogen) atoms. The number of amides is 1. The van der Waals surface area contributed by atoms with Crippen molar-refractivity contribution in [2.24, 2.45) is 5.92 Å². The van der Waals surface area contributed by atoms with Gasteiger partial charge in [0.15, 0.2) is 5.13 Å². The van der Waals surface area contributed by atoms with Crippen LogP contribution in [0.15, 0.2) is 42.5 Å². The quantitative estimate of drug-likeness (QED) is 0.737. The summed E-state index contributed by atoms with van der Waals surface area (Å²) >= 11 is 1.51. The minimum Gasteiger partial charge on any atom is -0.298 e. The SMILES string of the molecule is CC(C)CN1CCc2cccc(C(=O)Nc3nc4ccccc4s3)c2C1. The fourth-order valence-electron chi connectivity index (χ4n) is 3.61. The molecule has 1 N–H and O–H groups in total. The van der Waals surface area contributed by atoms with Crippen molar-refractivity contribution in [2.75, 3.05) is 18.4 Å². The molecule has 2 aromatic carbocycles. The number of carbonyl (C=O) groups is 1. The second kappa shape index (κ2) is 7.17. The van der Waals surface area contributed by atoms with Crippen LogP contribution >= 0.6 is 11.3 Å². The smallest absolute Gasteiger partial charge is 0.257 e. The minimum absolute atomic E-state index is 0.0627. The maximum atomic E-state index is 12.9. The molecule has 0 saturated heterocycles. The number of nitrogens with zero attached hydrogens (tertiary/aromatic N) is 2. The van der Waals surface area contributed by atoms with E-state index in [1.807, 2.05) is 36.4 Å². The standard InChI is InChI=1S/C21H23N3OS/c1-14(2)12-24-11-10-15-6-5-7-16(17(15)13-24)20(25)23-21-22-18-8-3-4-9-19(18)26-21/h3-9,14H,10-13H2,1-2H3,(H,22,23,25). The second-order valence-corrected chi connectivity index (χ2v) is 8.29. The maximum absolute atomic E-state index is 12.9. The van der Waals surface area contributed by atoms with Crippen molar-refractivity contribution < 1.29 is 4.79 Å². The normalized spacial score (nSPS) is 14.6. The van der Waals surface area contributed by atoms with Gasteiger partial charge in [-0.25, -0.2) is 4.98 Å². The van der Waals surface area contributed by atoms with Crippen LogP contribution in [0.25, 0.3) is 10.2 Å². The summed E-state index contributed by atoms with van der Waals surface area (Å²) < 4.78 is 1.08. The molecule has 5 heteroatoms. The predicted octanol–water partition coefficient (Wildman–Crippen LogP) is 4.56. The zero-order valence-corrected chi connectivity index (χ0v) is 16.0. The summed E-state index contributed by atoms with van der Waals surface area (Å²) in [6.45, 7) is 7.45. The molecule has 1 aliphatic rings. The number of para-hydroxylation sites is 1. The van der Waals surface area contributed by atoms with Gasteiger partial charge in [0.05, 0.1) is 10.2 Å². The Morgan fingerprint density at radius 1 is 1.23 bits per heavy atom. The topological polar surface area (TPSA) is 45.2 Å². The summed E-state index contributed by atoms with van der Waals surface area (Å²) in [7, 11) is 0. The molecule has 0 fully saturated rings. The molecule has 1 aromatic heterocycles. The number of benzene rings is 2. The number of hydrogen-bond donors (Lipinski definition) is 1. The first-order valence-corrected chi connectivity index (χ1v) is 9.92. The van der Waals surface area contributed by atoms with Gasteiger partial charge in [0.1, 0.15) is 0 Å². The Bertz CT molecular complexity index is 914. The summed E-state index contributed by atoms with van der Waals surface area (Å²) in [5.74, 6) is 0.563. The molecule has 3 aromatic rings. The highest BCUT2D eigenvalue weighted by atomic mass is 32.1. The third-order valence-electron chi connectivity index (χ3n) is 4.73. The lowest BCUT2D eigenvalue weighted by atomic mass is 9.94. The molecule has 0 bridgehead atoms. The van der Waals surface area contributed by atoms with Gasteiger partial charge in [-0.15, -0.1) is 0 Å². The van der Waals surface area contributed by atoms with Crippen molar-refractivity contribution in [3.8, 4) is 0 Å². The van der Waals surface area contributed by atoms with Crippen LogP contribution in [-0.2, 0) is 13.0 Å². The summed E-state index contributed by atoms with van der Waals surface area (Å²) in [4.78, 5) is 19.9. The van der Waals surface area contributed by atoms with Gasteiger partial charge < -0.3 is 0 Å². The largest absolute Gasteiger partial charge is 0.298 e. The highest BCUT2D eigenvalue weighted by Gasteiger charge is 2.22. The predicted molar refractivity (Wildman–Crippen MR) is 108 cm³/mol. The van der Waals surface area contributed by atoms with Crippen LogP contribution in [0.3, 0.4) is 0 Å². The van der Waals surface area contributed by atoms with Crippen LogP contribution in [0, 0.1) is 5.92 Å². The van der Waals surface area contributed by atoms with Crippen LogP contribution in [0.5, 0.6) is 0 Å². The van der Waals surface area contributed by atoms with Crippen molar-refractivity contribution >= 4 is 32.6 Å². The molecular weight excluding hydrogens is 342 g/mol. The van der Waals surface area contributed by atoms with Gasteiger partial charge in [-0.1, -0.05) is 49.4 Å². The van der Waals surface area contributed by atoms with Gasteiger partial charge in [-0.3, -0.25) is 15.0 Å². The summed E-state index contributed by atoms with van der Waals surface area (Å²) in [5.41, 5.74) is 4.15. The lowest BCUT2D eigenvalue weighted by Crippen LogP contribution is -2.34. The number of nitrogens with one attached hydrogen (secondary N) is 1. The average molecular weight is 366 g/mol. The van der Waals surface area contributed by atoms with Crippen molar-refractivity contribution in [2.45, 2.75) is 26.8 Å². The Kier molecular flexibility index (Phi) is 4.74.